The Kier molecular flexibility index (Phi) is 7.60. The third kappa shape index (κ3) is 5.92. The van der Waals surface area contributed by atoms with Gasteiger partial charge in [-0.25, -0.2) is 27.9 Å². The minimum Gasteiger partial charge on any atom is -0.399 e. The van der Waals surface area contributed by atoms with Gasteiger partial charge in [0.2, 0.25) is 0 Å². The number of hydrogen-bond donors (Lipinski definition) is 0. The quantitative estimate of drug-likeness (QED) is 0.279. The molecule has 0 aliphatic carbocycles. The maximum atomic E-state index is 15.6. The first-order valence-electron chi connectivity index (χ1n) is 12.1. The average molecular weight is 534 g/mol. The molecule has 37 heavy (non-hydrogen) atoms. The molecule has 1 aromatic heterocycles. The monoisotopic (exact) mass is 534 g/mol. The molecule has 5 nitrogen and oxygen atoms in total. The first kappa shape index (κ1) is 27.8. The highest BCUT2D eigenvalue weighted by Crippen LogP contribution is 2.38. The van der Waals surface area contributed by atoms with E-state index in [0.29, 0.717) is 23.4 Å². The summed E-state index contributed by atoms with van der Waals surface area (Å²) in [6, 6.07) is 8.80. The third-order valence-electron chi connectivity index (χ3n) is 6.83. The molecule has 0 N–H and O–H groups in total. The molecule has 0 bridgehead atoms. The van der Waals surface area contributed by atoms with E-state index in [-0.39, 0.29) is 17.8 Å². The van der Waals surface area contributed by atoms with Crippen molar-refractivity contribution in [2.24, 2.45) is 0 Å². The van der Waals surface area contributed by atoms with Gasteiger partial charge in [0.15, 0.2) is 11.6 Å². The first-order chi connectivity index (χ1) is 17.2. The lowest BCUT2D eigenvalue weighted by Gasteiger charge is -2.32. The van der Waals surface area contributed by atoms with Crippen LogP contribution < -0.4 is 5.46 Å². The summed E-state index contributed by atoms with van der Waals surface area (Å²) in [5, 5.41) is 4.53. The van der Waals surface area contributed by atoms with Crippen LogP contribution in [-0.4, -0.2) is 59.2 Å². The van der Waals surface area contributed by atoms with Crippen LogP contribution in [0.4, 0.5) is 13.2 Å². The van der Waals surface area contributed by atoms with Gasteiger partial charge in [-0.05, 0) is 58.6 Å². The lowest BCUT2D eigenvalue weighted by atomic mass is 9.77. The van der Waals surface area contributed by atoms with Crippen LogP contribution >= 0.6 is 10.0 Å². The molecule has 0 radical (unpaired) electrons. The largest absolute Gasteiger partial charge is 0.497 e. The summed E-state index contributed by atoms with van der Waals surface area (Å²) in [6.45, 7) is 8.07. The van der Waals surface area contributed by atoms with Gasteiger partial charge in [-0.2, -0.15) is 5.10 Å². The van der Waals surface area contributed by atoms with E-state index in [0.717, 1.165) is 5.75 Å². The van der Waals surface area contributed by atoms with E-state index in [9.17, 15) is 4.39 Å². The number of benzene rings is 2. The van der Waals surface area contributed by atoms with E-state index in [2.05, 4.69) is 23.9 Å². The predicted octanol–water partition coefficient (Wildman–Crippen LogP) is 5.60. The van der Waals surface area contributed by atoms with Gasteiger partial charge in [0.1, 0.15) is 18.2 Å². The van der Waals surface area contributed by atoms with Crippen molar-refractivity contribution >= 4 is 22.6 Å². The molecule has 0 spiro atoms. The van der Waals surface area contributed by atoms with E-state index in [1.165, 1.54) is 28.9 Å². The summed E-state index contributed by atoms with van der Waals surface area (Å²) in [5.74, 6) is -1.64. The molecule has 200 valence electrons. The van der Waals surface area contributed by atoms with Gasteiger partial charge in [-0.1, -0.05) is 24.3 Å². The molecule has 1 saturated heterocycles. The summed E-state index contributed by atoms with van der Waals surface area (Å²) in [4.78, 5) is 0. The van der Waals surface area contributed by atoms with E-state index in [1.54, 1.807) is 18.3 Å². The third-order valence-corrected chi connectivity index (χ3v) is 8.22. The van der Waals surface area contributed by atoms with Crippen molar-refractivity contribution in [1.29, 1.82) is 0 Å². The molecule has 1 fully saturated rings. The van der Waals surface area contributed by atoms with Gasteiger partial charge in [0, 0.05) is 34.1 Å². The zero-order chi connectivity index (χ0) is 27.2. The molecule has 2 aromatic carbocycles. The van der Waals surface area contributed by atoms with Gasteiger partial charge in [-0.15, -0.1) is 0 Å². The average Bonchev–Trinajstić information content (AvgIpc) is 3.30. The number of nitrogens with zero attached hydrogens (tertiary/aromatic N) is 2. The molecular weight excluding hydrogens is 500 g/mol. The Morgan fingerprint density at radius 3 is 2.24 bits per heavy atom. The van der Waals surface area contributed by atoms with Crippen molar-refractivity contribution < 1.29 is 27.2 Å². The highest BCUT2D eigenvalue weighted by atomic mass is 32.3. The minimum atomic E-state index is -1.06. The fourth-order valence-corrected chi connectivity index (χ4v) is 4.54. The zero-order valence-corrected chi connectivity index (χ0v) is 23.2. The normalized spacial score (nSPS) is 17.4. The molecule has 10 heteroatoms. The number of halogens is 3. The molecular formula is C27H34BF3N2O3S. The van der Waals surface area contributed by atoms with Crippen LogP contribution in [0.15, 0.2) is 42.6 Å². The standard InChI is InChI=1S/C27H34BF3N2O3S/c1-26(2)27(3,4)36-28(35-26)22-12-11-20(23(30)24(22)31)21-16-33(17-34-13-14-37(5,6)7)32-25(21)18-9-8-10-19(29)15-18/h8-12,15-16H,13-14,17H2,1-7H3. The lowest BCUT2D eigenvalue weighted by Crippen LogP contribution is -2.41. The van der Waals surface area contributed by atoms with Crippen LogP contribution in [0.2, 0.25) is 0 Å². The molecule has 1 aliphatic heterocycles. The Balaban J connectivity index is 1.70. The molecule has 1 aliphatic rings. The van der Waals surface area contributed by atoms with Gasteiger partial charge >= 0.3 is 7.12 Å². The molecule has 0 amide bonds. The summed E-state index contributed by atoms with van der Waals surface area (Å²) < 4.78 is 64.2. The van der Waals surface area contributed by atoms with Gasteiger partial charge in [0.25, 0.3) is 0 Å². The van der Waals surface area contributed by atoms with Crippen molar-refractivity contribution in [2.45, 2.75) is 45.6 Å². The number of rotatable bonds is 8. The Morgan fingerprint density at radius 1 is 0.946 bits per heavy atom. The summed E-state index contributed by atoms with van der Waals surface area (Å²) in [7, 11) is -1.76. The van der Waals surface area contributed by atoms with Crippen molar-refractivity contribution in [3.05, 3.63) is 60.0 Å². The van der Waals surface area contributed by atoms with E-state index in [1.807, 2.05) is 27.7 Å². The first-order valence-corrected chi connectivity index (χ1v) is 15.1. The van der Waals surface area contributed by atoms with Crippen LogP contribution in [0.5, 0.6) is 0 Å². The smallest absolute Gasteiger partial charge is 0.399 e. The fraction of sp³-hybridized carbons (Fsp3) is 0.444. The summed E-state index contributed by atoms with van der Waals surface area (Å²) >= 11 is 0. The fourth-order valence-electron chi connectivity index (χ4n) is 3.93. The number of ether oxygens (including phenoxy) is 1. The highest BCUT2D eigenvalue weighted by Gasteiger charge is 2.52. The SMILES string of the molecule is CC1(C)OB(c2ccc(-c3cn(COCCS(C)(C)C)nc3-c3cccc(F)c3)c(F)c2F)OC1(C)C. The molecule has 0 saturated carbocycles. The van der Waals surface area contributed by atoms with E-state index in [4.69, 9.17) is 14.0 Å². The second-order valence-corrected chi connectivity index (χ2v) is 15.8. The molecule has 0 atom stereocenters. The number of aromatic nitrogens is 2. The Hall–Kier alpha value is -2.27. The second-order valence-electron chi connectivity index (χ2n) is 11.2. The molecule has 4 rings (SSSR count). The van der Waals surface area contributed by atoms with Crippen LogP contribution in [0.25, 0.3) is 22.4 Å². The number of hydrogen-bond acceptors (Lipinski definition) is 4. The minimum absolute atomic E-state index is 0.00224. The Labute approximate surface area is 218 Å². The molecule has 2 heterocycles. The molecule has 0 unspecified atom stereocenters. The maximum absolute atomic E-state index is 15.6. The van der Waals surface area contributed by atoms with Gasteiger partial charge < -0.3 is 14.0 Å². The van der Waals surface area contributed by atoms with Crippen LogP contribution in [-0.2, 0) is 20.8 Å². The van der Waals surface area contributed by atoms with Crippen molar-refractivity contribution in [1.82, 2.24) is 9.78 Å². The van der Waals surface area contributed by atoms with Crippen molar-refractivity contribution in [3.63, 3.8) is 0 Å². The summed E-state index contributed by atoms with van der Waals surface area (Å²) in [5.41, 5.74) is -0.310. The second kappa shape index (κ2) is 10.1. The van der Waals surface area contributed by atoms with Crippen LogP contribution in [0, 0.1) is 17.5 Å². The lowest BCUT2D eigenvalue weighted by molar-refractivity contribution is 0.00578. The van der Waals surface area contributed by atoms with Gasteiger partial charge in [-0.3, -0.25) is 0 Å². The van der Waals surface area contributed by atoms with E-state index >= 15 is 8.78 Å². The maximum Gasteiger partial charge on any atom is 0.497 e. The Bertz CT molecular complexity index is 1270. The van der Waals surface area contributed by atoms with E-state index < -0.39 is 45.8 Å². The van der Waals surface area contributed by atoms with Gasteiger partial charge in [0.05, 0.1) is 17.8 Å². The Morgan fingerprint density at radius 2 is 1.62 bits per heavy atom. The zero-order valence-electron chi connectivity index (χ0n) is 22.4. The van der Waals surface area contributed by atoms with Crippen molar-refractivity contribution in [3.8, 4) is 22.4 Å². The molecule has 3 aromatic rings. The van der Waals surface area contributed by atoms with Crippen LogP contribution in [0.3, 0.4) is 0 Å². The van der Waals surface area contributed by atoms with Crippen LogP contribution in [0.1, 0.15) is 27.7 Å². The summed E-state index contributed by atoms with van der Waals surface area (Å²) in [6.07, 6.45) is 8.20. The topological polar surface area (TPSA) is 45.5 Å². The van der Waals surface area contributed by atoms with Crippen molar-refractivity contribution in [2.75, 3.05) is 31.1 Å². The predicted molar refractivity (Wildman–Crippen MR) is 145 cm³/mol. The highest BCUT2D eigenvalue weighted by molar-refractivity contribution is 8.32.